The second-order valence-electron chi connectivity index (χ2n) is 3.41. The van der Waals surface area contributed by atoms with Crippen molar-refractivity contribution in [3.8, 4) is 0 Å². The van der Waals surface area contributed by atoms with E-state index in [1.165, 1.54) is 12.4 Å². The topological polar surface area (TPSA) is 46.1 Å². The van der Waals surface area contributed by atoms with Crippen molar-refractivity contribution in [2.75, 3.05) is 13.1 Å². The Morgan fingerprint density at radius 3 is 2.85 bits per heavy atom. The highest BCUT2D eigenvalue weighted by atomic mass is 16.2. The van der Waals surface area contributed by atoms with Gasteiger partial charge < -0.3 is 4.90 Å². The van der Waals surface area contributed by atoms with Gasteiger partial charge in [-0.1, -0.05) is 6.92 Å². The number of likely N-dealkylation sites (tertiary alicyclic amines) is 1. The molecule has 0 saturated carbocycles. The Morgan fingerprint density at radius 2 is 2.31 bits per heavy atom. The smallest absolute Gasteiger partial charge is 0.274 e. The van der Waals surface area contributed by atoms with Crippen LogP contribution in [0.4, 0.5) is 0 Å². The highest BCUT2D eigenvalue weighted by Gasteiger charge is 2.28. The Hall–Kier alpha value is -1.45. The zero-order chi connectivity index (χ0) is 9.26. The predicted molar refractivity (Wildman–Crippen MR) is 47.1 cm³/mol. The van der Waals surface area contributed by atoms with Crippen molar-refractivity contribution in [1.29, 1.82) is 0 Å². The Morgan fingerprint density at radius 1 is 1.54 bits per heavy atom. The molecule has 0 N–H and O–H groups in total. The molecule has 0 atom stereocenters. The molecule has 4 heteroatoms. The van der Waals surface area contributed by atoms with E-state index >= 15 is 0 Å². The third-order valence-corrected chi connectivity index (χ3v) is 2.13. The molecule has 0 spiro atoms. The van der Waals surface area contributed by atoms with Crippen LogP contribution in [-0.2, 0) is 0 Å². The summed E-state index contributed by atoms with van der Waals surface area (Å²) in [5.74, 6) is 0.617. The fraction of sp³-hybridized carbons (Fsp3) is 0.444. The first-order valence-corrected chi connectivity index (χ1v) is 4.32. The van der Waals surface area contributed by atoms with E-state index in [1.807, 2.05) is 0 Å². The Bertz CT molecular complexity index is 306. The van der Waals surface area contributed by atoms with Gasteiger partial charge in [-0.2, -0.15) is 0 Å². The van der Waals surface area contributed by atoms with E-state index in [0.717, 1.165) is 13.1 Å². The van der Waals surface area contributed by atoms with Gasteiger partial charge in [0.25, 0.3) is 5.91 Å². The summed E-state index contributed by atoms with van der Waals surface area (Å²) in [7, 11) is 0. The van der Waals surface area contributed by atoms with E-state index in [-0.39, 0.29) is 5.91 Å². The average molecular weight is 177 g/mol. The maximum atomic E-state index is 11.6. The number of nitrogens with zero attached hydrogens (tertiary/aromatic N) is 3. The van der Waals surface area contributed by atoms with Crippen LogP contribution in [0.5, 0.6) is 0 Å². The van der Waals surface area contributed by atoms with Gasteiger partial charge in [-0.3, -0.25) is 9.78 Å². The maximum Gasteiger partial charge on any atom is 0.274 e. The quantitative estimate of drug-likeness (QED) is 0.630. The number of hydrogen-bond donors (Lipinski definition) is 0. The van der Waals surface area contributed by atoms with Gasteiger partial charge in [-0.05, 0) is 5.92 Å². The SMILES string of the molecule is CC1CN(C(=O)c2cnccn2)C1. The number of carbonyl (C=O) groups is 1. The molecular formula is C9H11N3O. The van der Waals surface area contributed by atoms with Gasteiger partial charge in [-0.25, -0.2) is 4.98 Å². The van der Waals surface area contributed by atoms with Crippen molar-refractivity contribution in [2.45, 2.75) is 6.92 Å². The van der Waals surface area contributed by atoms with Crippen LogP contribution in [0.15, 0.2) is 18.6 Å². The van der Waals surface area contributed by atoms with Crippen LogP contribution in [0.2, 0.25) is 0 Å². The van der Waals surface area contributed by atoms with E-state index in [2.05, 4.69) is 16.9 Å². The molecule has 1 amide bonds. The lowest BCUT2D eigenvalue weighted by molar-refractivity contribution is 0.0524. The highest BCUT2D eigenvalue weighted by Crippen LogP contribution is 2.16. The van der Waals surface area contributed by atoms with Crippen molar-refractivity contribution < 1.29 is 4.79 Å². The van der Waals surface area contributed by atoms with Crippen molar-refractivity contribution in [3.05, 3.63) is 24.3 Å². The first-order valence-electron chi connectivity index (χ1n) is 4.32. The number of aromatic nitrogens is 2. The molecule has 0 aliphatic carbocycles. The van der Waals surface area contributed by atoms with Crippen LogP contribution < -0.4 is 0 Å². The van der Waals surface area contributed by atoms with Gasteiger partial charge in [0.05, 0.1) is 6.20 Å². The van der Waals surface area contributed by atoms with Crippen LogP contribution >= 0.6 is 0 Å². The zero-order valence-electron chi connectivity index (χ0n) is 7.47. The summed E-state index contributed by atoms with van der Waals surface area (Å²) in [5.41, 5.74) is 0.439. The van der Waals surface area contributed by atoms with Crippen LogP contribution in [0.25, 0.3) is 0 Å². The molecule has 0 bridgehead atoms. The molecule has 4 nitrogen and oxygen atoms in total. The molecule has 0 aromatic carbocycles. The summed E-state index contributed by atoms with van der Waals surface area (Å²) in [5, 5.41) is 0. The fourth-order valence-corrected chi connectivity index (χ4v) is 1.44. The van der Waals surface area contributed by atoms with E-state index in [4.69, 9.17) is 0 Å². The van der Waals surface area contributed by atoms with Crippen LogP contribution in [-0.4, -0.2) is 33.9 Å². The molecule has 2 rings (SSSR count). The first-order chi connectivity index (χ1) is 6.27. The van der Waals surface area contributed by atoms with Crippen molar-refractivity contribution in [2.24, 2.45) is 5.92 Å². The average Bonchev–Trinajstić information content (AvgIpc) is 2.13. The zero-order valence-corrected chi connectivity index (χ0v) is 7.47. The largest absolute Gasteiger partial charge is 0.337 e. The highest BCUT2D eigenvalue weighted by molar-refractivity contribution is 5.92. The summed E-state index contributed by atoms with van der Waals surface area (Å²) in [6.45, 7) is 3.81. The molecule has 1 saturated heterocycles. The molecule has 0 unspecified atom stereocenters. The van der Waals surface area contributed by atoms with E-state index < -0.39 is 0 Å². The normalized spacial score (nSPS) is 16.8. The summed E-state index contributed by atoms with van der Waals surface area (Å²) in [6, 6.07) is 0. The van der Waals surface area contributed by atoms with Gasteiger partial charge in [0.15, 0.2) is 0 Å². The summed E-state index contributed by atoms with van der Waals surface area (Å²) in [4.78, 5) is 21.2. The van der Waals surface area contributed by atoms with Crippen LogP contribution in [0.1, 0.15) is 17.4 Å². The lowest BCUT2D eigenvalue weighted by Gasteiger charge is -2.36. The molecule has 13 heavy (non-hydrogen) atoms. The lowest BCUT2D eigenvalue weighted by Crippen LogP contribution is -2.48. The second-order valence-corrected chi connectivity index (χ2v) is 3.41. The third-order valence-electron chi connectivity index (χ3n) is 2.13. The van der Waals surface area contributed by atoms with Gasteiger partial charge in [-0.15, -0.1) is 0 Å². The summed E-state index contributed by atoms with van der Waals surface area (Å²) >= 11 is 0. The van der Waals surface area contributed by atoms with Crippen molar-refractivity contribution in [1.82, 2.24) is 14.9 Å². The van der Waals surface area contributed by atoms with Gasteiger partial charge >= 0.3 is 0 Å². The minimum atomic E-state index is -0.00815. The minimum absolute atomic E-state index is 0.00815. The Balaban J connectivity index is 2.06. The number of rotatable bonds is 1. The molecule has 1 aliphatic rings. The summed E-state index contributed by atoms with van der Waals surface area (Å²) in [6.07, 6.45) is 4.61. The van der Waals surface area contributed by atoms with E-state index in [9.17, 15) is 4.79 Å². The second kappa shape index (κ2) is 3.12. The Labute approximate surface area is 76.6 Å². The molecule has 1 aromatic heterocycles. The lowest BCUT2D eigenvalue weighted by atomic mass is 10.0. The number of amides is 1. The third kappa shape index (κ3) is 1.52. The molecule has 1 fully saturated rings. The summed E-state index contributed by atoms with van der Waals surface area (Å²) < 4.78 is 0. The predicted octanol–water partition coefficient (Wildman–Crippen LogP) is 0.569. The van der Waals surface area contributed by atoms with E-state index in [0.29, 0.717) is 11.6 Å². The molecule has 0 radical (unpaired) electrons. The van der Waals surface area contributed by atoms with Gasteiger partial charge in [0, 0.05) is 25.5 Å². The Kier molecular flexibility index (Phi) is 1.96. The minimum Gasteiger partial charge on any atom is -0.337 e. The van der Waals surface area contributed by atoms with Gasteiger partial charge in [0.1, 0.15) is 5.69 Å². The molecule has 2 heterocycles. The van der Waals surface area contributed by atoms with E-state index in [1.54, 1.807) is 11.1 Å². The van der Waals surface area contributed by atoms with Crippen molar-refractivity contribution >= 4 is 5.91 Å². The fourth-order valence-electron chi connectivity index (χ4n) is 1.44. The first kappa shape index (κ1) is 8.16. The van der Waals surface area contributed by atoms with Crippen LogP contribution in [0, 0.1) is 5.92 Å². The standard InChI is InChI=1S/C9H11N3O/c1-7-5-12(6-7)9(13)8-4-10-2-3-11-8/h2-4,7H,5-6H2,1H3. The maximum absolute atomic E-state index is 11.6. The monoisotopic (exact) mass is 177 g/mol. The molecule has 1 aromatic rings. The molecule has 1 aliphatic heterocycles. The molecular weight excluding hydrogens is 166 g/mol. The number of carbonyl (C=O) groups excluding carboxylic acids is 1. The van der Waals surface area contributed by atoms with Crippen LogP contribution in [0.3, 0.4) is 0 Å². The molecule has 68 valence electrons. The number of hydrogen-bond acceptors (Lipinski definition) is 3. The van der Waals surface area contributed by atoms with Crippen molar-refractivity contribution in [3.63, 3.8) is 0 Å². The van der Waals surface area contributed by atoms with Gasteiger partial charge in [0.2, 0.25) is 0 Å².